The van der Waals surface area contributed by atoms with Crippen LogP contribution in [0, 0.1) is 0 Å². The molecule has 0 bridgehead atoms. The molecule has 1 heterocycles. The lowest BCUT2D eigenvalue weighted by atomic mass is 10.1. The Balaban J connectivity index is 2.22. The van der Waals surface area contributed by atoms with Gasteiger partial charge in [0.15, 0.2) is 0 Å². The average Bonchev–Trinajstić information content (AvgIpc) is 2.48. The number of hydrogen-bond donors (Lipinski definition) is 0. The molecule has 0 saturated carbocycles. The number of halogens is 1. The highest BCUT2D eigenvalue weighted by Crippen LogP contribution is 2.26. The third kappa shape index (κ3) is 4.28. The molecule has 2 aromatic rings. The Hall–Kier alpha value is -1.04. The van der Waals surface area contributed by atoms with E-state index in [2.05, 4.69) is 42.5 Å². The normalized spacial score (nSPS) is 12.4. The van der Waals surface area contributed by atoms with Gasteiger partial charge < -0.3 is 0 Å². The van der Waals surface area contributed by atoms with E-state index in [-0.39, 0.29) is 16.1 Å². The van der Waals surface area contributed by atoms with Crippen LogP contribution < -0.4 is 10.7 Å². The molecule has 0 saturated heterocycles. The van der Waals surface area contributed by atoms with Crippen molar-refractivity contribution in [3.05, 3.63) is 51.9 Å². The molecule has 0 radical (unpaired) electrons. The van der Waals surface area contributed by atoms with Crippen molar-refractivity contribution in [2.45, 2.75) is 44.3 Å². The quantitative estimate of drug-likeness (QED) is 0.608. The first-order valence-corrected chi connectivity index (χ1v) is 12.2. The van der Waals surface area contributed by atoms with E-state index in [1.165, 1.54) is 9.87 Å². The van der Waals surface area contributed by atoms with Gasteiger partial charge >= 0.3 is 0 Å². The van der Waals surface area contributed by atoms with Crippen molar-refractivity contribution >= 4 is 36.6 Å². The van der Waals surface area contributed by atoms with Crippen molar-refractivity contribution in [1.29, 1.82) is 0 Å². The molecule has 0 unspecified atom stereocenters. The van der Waals surface area contributed by atoms with Gasteiger partial charge in [-0.3, -0.25) is 4.79 Å². The number of aromatic nitrogens is 2. The maximum Gasteiger partial charge on any atom is 0.287 e. The van der Waals surface area contributed by atoms with Crippen LogP contribution in [0.3, 0.4) is 0 Å². The second-order valence-electron chi connectivity index (χ2n) is 7.25. The van der Waals surface area contributed by atoms with E-state index < -0.39 is 8.07 Å². The fourth-order valence-corrected chi connectivity index (χ4v) is 6.68. The number of rotatable bonds is 4. The number of hydrogen-bond acceptors (Lipinski definition) is 3. The van der Waals surface area contributed by atoms with Gasteiger partial charge in [0.2, 0.25) is 0 Å². The standard InChI is InChI=1S/C17H23ClN2OSSi/c1-17(2,3)20-16(21)15(18)14(11-19-20)22-12-23(4,5)13-9-7-6-8-10-13/h6-11H,12H2,1-5H3. The maximum atomic E-state index is 12.4. The summed E-state index contributed by atoms with van der Waals surface area (Å²) in [6.45, 7) is 10.5. The van der Waals surface area contributed by atoms with Gasteiger partial charge in [-0.15, -0.1) is 11.8 Å². The summed E-state index contributed by atoms with van der Waals surface area (Å²) in [6.07, 6.45) is 1.72. The third-order valence-electron chi connectivity index (χ3n) is 3.67. The van der Waals surface area contributed by atoms with Crippen LogP contribution in [0.1, 0.15) is 20.8 Å². The summed E-state index contributed by atoms with van der Waals surface area (Å²) in [6, 6.07) is 10.6. The second-order valence-corrected chi connectivity index (χ2v) is 13.9. The van der Waals surface area contributed by atoms with Crippen LogP contribution in [0.5, 0.6) is 0 Å². The topological polar surface area (TPSA) is 34.9 Å². The maximum absolute atomic E-state index is 12.4. The van der Waals surface area contributed by atoms with Crippen LogP contribution in [0.2, 0.25) is 18.1 Å². The Morgan fingerprint density at radius 3 is 2.39 bits per heavy atom. The molecule has 0 fully saturated rings. The molecule has 2 rings (SSSR count). The van der Waals surface area contributed by atoms with E-state index in [1.807, 2.05) is 26.8 Å². The van der Waals surface area contributed by atoms with Crippen molar-refractivity contribution in [3.63, 3.8) is 0 Å². The smallest absolute Gasteiger partial charge is 0.266 e. The Bertz CT molecular complexity index is 738. The molecule has 0 aliphatic carbocycles. The molecule has 1 aromatic heterocycles. The molecule has 6 heteroatoms. The van der Waals surface area contributed by atoms with E-state index in [1.54, 1.807) is 18.0 Å². The first-order valence-electron chi connectivity index (χ1n) is 7.59. The van der Waals surface area contributed by atoms with Crippen molar-refractivity contribution in [2.24, 2.45) is 0 Å². The fourth-order valence-electron chi connectivity index (χ4n) is 2.23. The van der Waals surface area contributed by atoms with Crippen molar-refractivity contribution in [2.75, 3.05) is 5.38 Å². The number of thioether (sulfide) groups is 1. The third-order valence-corrected chi connectivity index (χ3v) is 10.1. The molecule has 0 atom stereocenters. The lowest BCUT2D eigenvalue weighted by molar-refractivity contribution is 0.336. The summed E-state index contributed by atoms with van der Waals surface area (Å²) in [5, 5.41) is 6.93. The molecule has 0 amide bonds. The van der Waals surface area contributed by atoms with Crippen molar-refractivity contribution in [1.82, 2.24) is 9.78 Å². The van der Waals surface area contributed by atoms with Crippen molar-refractivity contribution in [3.8, 4) is 0 Å². The van der Waals surface area contributed by atoms with Gasteiger partial charge in [0.05, 0.1) is 24.7 Å². The zero-order valence-electron chi connectivity index (χ0n) is 14.3. The van der Waals surface area contributed by atoms with E-state index >= 15 is 0 Å². The highest BCUT2D eigenvalue weighted by atomic mass is 35.5. The van der Waals surface area contributed by atoms with Crippen LogP contribution in [0.4, 0.5) is 0 Å². The SMILES string of the molecule is CC(C)(C)n1ncc(SC[Si](C)(C)c2ccccc2)c(Cl)c1=O. The summed E-state index contributed by atoms with van der Waals surface area (Å²) >= 11 is 7.94. The minimum Gasteiger partial charge on any atom is -0.266 e. The molecular formula is C17H23ClN2OSSi. The highest BCUT2D eigenvalue weighted by Gasteiger charge is 2.25. The summed E-state index contributed by atoms with van der Waals surface area (Å²) < 4.78 is 1.44. The predicted octanol–water partition coefficient (Wildman–Crippen LogP) is 3.90. The second kappa shape index (κ2) is 6.83. The van der Waals surface area contributed by atoms with Gasteiger partial charge in [0.25, 0.3) is 5.56 Å². The number of nitrogens with zero attached hydrogens (tertiary/aromatic N) is 2. The first-order chi connectivity index (χ1) is 10.6. The van der Waals surface area contributed by atoms with Gasteiger partial charge in [-0.1, -0.05) is 60.2 Å². The van der Waals surface area contributed by atoms with Gasteiger partial charge in [-0.2, -0.15) is 5.10 Å². The molecule has 3 nitrogen and oxygen atoms in total. The monoisotopic (exact) mass is 366 g/mol. The zero-order valence-corrected chi connectivity index (χ0v) is 16.8. The van der Waals surface area contributed by atoms with E-state index in [0.29, 0.717) is 0 Å². The molecule has 23 heavy (non-hydrogen) atoms. The highest BCUT2D eigenvalue weighted by molar-refractivity contribution is 8.01. The van der Waals surface area contributed by atoms with Crippen molar-refractivity contribution < 1.29 is 0 Å². The van der Waals surface area contributed by atoms with Gasteiger partial charge in [0, 0.05) is 0 Å². The molecule has 124 valence electrons. The Labute approximate surface area is 148 Å². The van der Waals surface area contributed by atoms with Gasteiger partial charge in [-0.05, 0) is 26.1 Å². The number of benzene rings is 1. The fraction of sp³-hybridized carbons (Fsp3) is 0.412. The lowest BCUT2D eigenvalue weighted by Crippen LogP contribution is -2.44. The zero-order chi connectivity index (χ0) is 17.3. The molecule has 0 aliphatic heterocycles. The first kappa shape index (κ1) is 18.3. The molecule has 0 aliphatic rings. The predicted molar refractivity (Wildman–Crippen MR) is 103 cm³/mol. The van der Waals surface area contributed by atoms with Gasteiger partial charge in [-0.25, -0.2) is 4.68 Å². The lowest BCUT2D eigenvalue weighted by Gasteiger charge is -2.24. The summed E-state index contributed by atoms with van der Waals surface area (Å²) in [7, 11) is -1.59. The molecule has 0 N–H and O–H groups in total. The molecule has 0 spiro atoms. The van der Waals surface area contributed by atoms with Crippen LogP contribution >= 0.6 is 23.4 Å². The van der Waals surface area contributed by atoms with Crippen LogP contribution in [0.25, 0.3) is 0 Å². The van der Waals surface area contributed by atoms with Crippen LogP contribution in [0.15, 0.2) is 46.2 Å². The van der Waals surface area contributed by atoms with Crippen LogP contribution in [-0.2, 0) is 5.54 Å². The molecule has 1 aromatic carbocycles. The average molecular weight is 367 g/mol. The van der Waals surface area contributed by atoms with Crippen LogP contribution in [-0.4, -0.2) is 23.2 Å². The largest absolute Gasteiger partial charge is 0.287 e. The van der Waals surface area contributed by atoms with E-state index in [0.717, 1.165) is 10.3 Å². The summed E-state index contributed by atoms with van der Waals surface area (Å²) in [4.78, 5) is 13.2. The van der Waals surface area contributed by atoms with E-state index in [4.69, 9.17) is 11.6 Å². The van der Waals surface area contributed by atoms with E-state index in [9.17, 15) is 4.79 Å². The minimum absolute atomic E-state index is 0.219. The summed E-state index contributed by atoms with van der Waals surface area (Å²) in [5.41, 5.74) is -0.592. The molecular weight excluding hydrogens is 344 g/mol. The summed E-state index contributed by atoms with van der Waals surface area (Å²) in [5.74, 6) is 0. The Morgan fingerprint density at radius 1 is 1.22 bits per heavy atom. The Kier molecular flexibility index (Phi) is 5.43. The minimum atomic E-state index is -1.59. The van der Waals surface area contributed by atoms with Gasteiger partial charge in [0.1, 0.15) is 5.02 Å². The Morgan fingerprint density at radius 2 is 1.83 bits per heavy atom.